The fourth-order valence-corrected chi connectivity index (χ4v) is 4.82. The van der Waals surface area contributed by atoms with Gasteiger partial charge in [0.2, 0.25) is 5.91 Å². The van der Waals surface area contributed by atoms with Crippen molar-refractivity contribution in [3.05, 3.63) is 59.8 Å². The minimum atomic E-state index is -0.0165. The van der Waals surface area contributed by atoms with Gasteiger partial charge in [-0.1, -0.05) is 18.2 Å². The van der Waals surface area contributed by atoms with E-state index < -0.39 is 0 Å². The van der Waals surface area contributed by atoms with Gasteiger partial charge in [-0.3, -0.25) is 14.7 Å². The van der Waals surface area contributed by atoms with Crippen molar-refractivity contribution in [3.63, 3.8) is 0 Å². The molecule has 0 saturated carbocycles. The number of amides is 2. The highest BCUT2D eigenvalue weighted by Gasteiger charge is 2.25. The van der Waals surface area contributed by atoms with Crippen LogP contribution in [0.2, 0.25) is 0 Å². The zero-order chi connectivity index (χ0) is 23.3. The second-order valence-electron chi connectivity index (χ2n) is 9.01. The summed E-state index contributed by atoms with van der Waals surface area (Å²) >= 11 is 0. The summed E-state index contributed by atoms with van der Waals surface area (Å²) in [6.45, 7) is 4.14. The van der Waals surface area contributed by atoms with Crippen LogP contribution in [0.5, 0.6) is 5.75 Å². The van der Waals surface area contributed by atoms with Crippen molar-refractivity contribution in [2.75, 3.05) is 46.0 Å². The van der Waals surface area contributed by atoms with Gasteiger partial charge in [-0.15, -0.1) is 0 Å². The molecule has 1 aromatic heterocycles. The van der Waals surface area contributed by atoms with E-state index in [1.54, 1.807) is 6.07 Å². The van der Waals surface area contributed by atoms with Crippen molar-refractivity contribution < 1.29 is 19.1 Å². The maximum absolute atomic E-state index is 13.3. The van der Waals surface area contributed by atoms with Crippen LogP contribution in [0.25, 0.3) is 10.9 Å². The number of fused-ring (bicyclic) bond motifs is 1. The van der Waals surface area contributed by atoms with E-state index >= 15 is 0 Å². The summed E-state index contributed by atoms with van der Waals surface area (Å²) in [5.41, 5.74) is 2.83. The number of benzene rings is 2. The normalized spacial score (nSPS) is 18.9. The molecule has 5 rings (SSSR count). The molecule has 0 bridgehead atoms. The molecular weight excluding hydrogens is 432 g/mol. The third-order valence-corrected chi connectivity index (χ3v) is 6.59. The molecule has 0 radical (unpaired) electrons. The van der Waals surface area contributed by atoms with E-state index in [4.69, 9.17) is 9.47 Å². The van der Waals surface area contributed by atoms with Crippen molar-refractivity contribution in [2.24, 2.45) is 5.92 Å². The van der Waals surface area contributed by atoms with Gasteiger partial charge in [-0.05, 0) is 42.7 Å². The number of likely N-dealkylation sites (tertiary alicyclic amines) is 1. The summed E-state index contributed by atoms with van der Waals surface area (Å²) in [7, 11) is 0. The van der Waals surface area contributed by atoms with Crippen LogP contribution >= 0.6 is 0 Å². The molecule has 8 nitrogen and oxygen atoms in total. The minimum absolute atomic E-state index is 0.0165. The Morgan fingerprint density at radius 1 is 1.21 bits per heavy atom. The first-order valence-corrected chi connectivity index (χ1v) is 12.0. The van der Waals surface area contributed by atoms with Crippen LogP contribution in [-0.4, -0.2) is 77.8 Å². The molecule has 2 aromatic carbocycles. The van der Waals surface area contributed by atoms with Crippen LogP contribution < -0.4 is 4.74 Å². The van der Waals surface area contributed by atoms with Crippen molar-refractivity contribution in [1.29, 1.82) is 0 Å². The molecule has 1 unspecified atom stereocenters. The number of hydrogen-bond donors (Lipinski definition) is 1. The number of rotatable bonds is 7. The van der Waals surface area contributed by atoms with E-state index in [2.05, 4.69) is 16.3 Å². The van der Waals surface area contributed by atoms with Crippen molar-refractivity contribution in [2.45, 2.75) is 19.3 Å². The summed E-state index contributed by atoms with van der Waals surface area (Å²) in [6.07, 6.45) is 4.22. The van der Waals surface area contributed by atoms with E-state index in [1.807, 2.05) is 46.3 Å². The number of carbonyl (C=O) groups excluding carboxylic acids is 2. The zero-order valence-corrected chi connectivity index (χ0v) is 19.2. The van der Waals surface area contributed by atoms with Gasteiger partial charge in [-0.2, -0.15) is 5.10 Å². The highest BCUT2D eigenvalue weighted by Crippen LogP contribution is 2.23. The average molecular weight is 463 g/mol. The third-order valence-electron chi connectivity index (χ3n) is 6.59. The van der Waals surface area contributed by atoms with Crippen LogP contribution in [0, 0.1) is 5.92 Å². The molecule has 34 heavy (non-hydrogen) atoms. The quantitative estimate of drug-likeness (QED) is 0.583. The number of hydrogen-bond acceptors (Lipinski definition) is 5. The molecule has 0 spiro atoms. The first-order chi connectivity index (χ1) is 16.7. The molecule has 2 aliphatic rings. The van der Waals surface area contributed by atoms with Gasteiger partial charge in [0.05, 0.1) is 31.5 Å². The molecule has 178 valence electrons. The lowest BCUT2D eigenvalue weighted by molar-refractivity contribution is -0.128. The van der Waals surface area contributed by atoms with Gasteiger partial charge < -0.3 is 19.3 Å². The number of ether oxygens (including phenoxy) is 2. The standard InChI is InChI=1S/C26H30N4O4/c31-25-8-3-9-29(25)11-13-34-22-6-1-5-21(15-22)26(32)30-10-12-33-18-19(17-30)14-20-4-2-7-24-23(20)16-27-28-24/h1-2,4-7,15-16,19H,3,8-14,17-18H2,(H,27,28). The second kappa shape index (κ2) is 10.3. The minimum Gasteiger partial charge on any atom is -0.492 e. The molecule has 0 aliphatic carbocycles. The van der Waals surface area contributed by atoms with Crippen molar-refractivity contribution in [3.8, 4) is 5.75 Å². The van der Waals surface area contributed by atoms with Gasteiger partial charge >= 0.3 is 0 Å². The van der Waals surface area contributed by atoms with E-state index in [1.165, 1.54) is 5.56 Å². The summed E-state index contributed by atoms with van der Waals surface area (Å²) in [5, 5.41) is 8.29. The Bertz CT molecular complexity index is 1160. The number of nitrogens with one attached hydrogen (secondary N) is 1. The maximum atomic E-state index is 13.3. The fraction of sp³-hybridized carbons (Fsp3) is 0.423. The van der Waals surface area contributed by atoms with E-state index in [0.29, 0.717) is 57.2 Å². The van der Waals surface area contributed by atoms with Crippen LogP contribution in [0.4, 0.5) is 0 Å². The largest absolute Gasteiger partial charge is 0.492 e. The number of carbonyl (C=O) groups is 2. The van der Waals surface area contributed by atoms with Gasteiger partial charge in [0, 0.05) is 42.9 Å². The summed E-state index contributed by atoms with van der Waals surface area (Å²) < 4.78 is 11.7. The Hall–Kier alpha value is -3.39. The van der Waals surface area contributed by atoms with Gasteiger partial charge in [0.15, 0.2) is 0 Å². The molecule has 2 aliphatic heterocycles. The average Bonchev–Trinajstić information content (AvgIpc) is 3.43. The lowest BCUT2D eigenvalue weighted by Gasteiger charge is -2.24. The Labute approximate surface area is 198 Å². The Morgan fingerprint density at radius 2 is 2.12 bits per heavy atom. The maximum Gasteiger partial charge on any atom is 0.254 e. The van der Waals surface area contributed by atoms with Gasteiger partial charge in [-0.25, -0.2) is 0 Å². The Balaban J connectivity index is 1.22. The lowest BCUT2D eigenvalue weighted by Crippen LogP contribution is -2.36. The first-order valence-electron chi connectivity index (χ1n) is 12.0. The molecule has 1 N–H and O–H groups in total. The van der Waals surface area contributed by atoms with E-state index in [9.17, 15) is 9.59 Å². The number of aromatic nitrogens is 2. The number of H-pyrrole nitrogens is 1. The van der Waals surface area contributed by atoms with Crippen molar-refractivity contribution >= 4 is 22.7 Å². The summed E-state index contributed by atoms with van der Waals surface area (Å²) in [4.78, 5) is 28.8. The molecule has 3 aromatic rings. The molecule has 2 saturated heterocycles. The Morgan fingerprint density at radius 3 is 3.00 bits per heavy atom. The Kier molecular flexibility index (Phi) is 6.76. The molecular formula is C26H30N4O4. The topological polar surface area (TPSA) is 87.8 Å². The first kappa shape index (κ1) is 22.4. The zero-order valence-electron chi connectivity index (χ0n) is 19.2. The van der Waals surface area contributed by atoms with Crippen LogP contribution in [0.1, 0.15) is 28.8 Å². The summed E-state index contributed by atoms with van der Waals surface area (Å²) in [5.74, 6) is 1.02. The van der Waals surface area contributed by atoms with Crippen LogP contribution in [0.15, 0.2) is 48.7 Å². The monoisotopic (exact) mass is 462 g/mol. The van der Waals surface area contributed by atoms with Crippen LogP contribution in [0.3, 0.4) is 0 Å². The lowest BCUT2D eigenvalue weighted by atomic mass is 9.97. The predicted molar refractivity (Wildman–Crippen MR) is 128 cm³/mol. The molecule has 8 heteroatoms. The van der Waals surface area contributed by atoms with Crippen LogP contribution in [-0.2, 0) is 16.0 Å². The number of aromatic amines is 1. The second-order valence-corrected chi connectivity index (χ2v) is 9.01. The predicted octanol–water partition coefficient (Wildman–Crippen LogP) is 2.90. The highest BCUT2D eigenvalue weighted by atomic mass is 16.5. The molecule has 3 heterocycles. The fourth-order valence-electron chi connectivity index (χ4n) is 4.82. The smallest absolute Gasteiger partial charge is 0.254 e. The van der Waals surface area contributed by atoms with Gasteiger partial charge in [0.1, 0.15) is 12.4 Å². The number of nitrogens with zero attached hydrogens (tertiary/aromatic N) is 3. The molecule has 2 amide bonds. The molecule has 1 atom stereocenters. The van der Waals surface area contributed by atoms with Crippen molar-refractivity contribution in [1.82, 2.24) is 20.0 Å². The highest BCUT2D eigenvalue weighted by molar-refractivity contribution is 5.94. The SMILES string of the molecule is O=C1CCCN1CCOc1cccc(C(=O)N2CCOCC(Cc3cccc4[nH]ncc34)C2)c1. The van der Waals surface area contributed by atoms with Gasteiger partial charge in [0.25, 0.3) is 5.91 Å². The third kappa shape index (κ3) is 5.07. The van der Waals surface area contributed by atoms with E-state index in [0.717, 1.165) is 30.3 Å². The molecule has 2 fully saturated rings. The summed E-state index contributed by atoms with van der Waals surface area (Å²) in [6, 6.07) is 13.5. The van der Waals surface area contributed by atoms with E-state index in [-0.39, 0.29) is 17.7 Å².